The number of nitrogens with two attached hydrogens (primary N) is 4. The maximum atomic E-state index is 11.8. The van der Waals surface area contributed by atoms with Gasteiger partial charge in [0.05, 0.1) is 98.2 Å². The van der Waals surface area contributed by atoms with Crippen LogP contribution in [0, 0.1) is 0 Å². The summed E-state index contributed by atoms with van der Waals surface area (Å²) in [5, 5.41) is 67.0. The van der Waals surface area contributed by atoms with E-state index in [9.17, 15) is 60.1 Å². The third-order valence-electron chi connectivity index (χ3n) is 10.7. The van der Waals surface area contributed by atoms with E-state index in [-0.39, 0.29) is 54.6 Å². The molecule has 0 aliphatic carbocycles. The van der Waals surface area contributed by atoms with Crippen LogP contribution >= 0.6 is 0 Å². The number of urea groups is 1. The fraction of sp³-hybridized carbons (Fsp3) is 0.224. The molecule has 6 rings (SSSR count). The number of rotatable bonds is 23. The third kappa shape index (κ3) is 40.0. The van der Waals surface area contributed by atoms with Gasteiger partial charge in [0.25, 0.3) is 20.2 Å². The number of nitrogens with one attached hydrogen (secondary N) is 1. The molecule has 6 aromatic carbocycles. The van der Waals surface area contributed by atoms with E-state index in [0.29, 0.717) is 39.7 Å². The molecule has 6 aromatic rings. The molecule has 0 aliphatic rings. The SMILES string of the molecule is CN=Nc1ccc(S(=O)(=O)CCO)cc1S(=O)(=O)O.CN=Nc1ccc(S(=O)(=O)CCO)cc1S(=O)(=O)O.NC(=O)Cc1cc(N)ccc1N=Nc1ccc(S(=O)(=O)CCO)cc1.NC(=O)Nc1ccc(N=Nc2ccc(S(=O)(=O)CCO)cc2)c(N)c1.O=S(=O)=O.O=S(=O)=O.O=S(=O)=O.O=S(=O)=O. The molecule has 0 aliphatic heterocycles. The van der Waals surface area contributed by atoms with Gasteiger partial charge in [-0.3, -0.25) is 13.9 Å². The molecule has 55 heteroatoms. The van der Waals surface area contributed by atoms with E-state index >= 15 is 0 Å². The zero-order valence-corrected chi connectivity index (χ0v) is 60.8. The molecule has 0 bridgehead atoms. The fourth-order valence-corrected chi connectivity index (χ4v) is 12.3. The number of anilines is 3. The smallest absolute Gasteiger partial charge is 0.399 e. The van der Waals surface area contributed by atoms with Gasteiger partial charge in [0, 0.05) is 25.5 Å². The van der Waals surface area contributed by atoms with Crippen molar-refractivity contribution in [3.8, 4) is 0 Å². The Kier molecular flexibility index (Phi) is 43.0. The number of sulfone groups is 4. The van der Waals surface area contributed by atoms with E-state index in [2.05, 4.69) is 46.2 Å². The van der Waals surface area contributed by atoms with Crippen LogP contribution < -0.4 is 28.3 Å². The van der Waals surface area contributed by atoms with Crippen molar-refractivity contribution in [1.29, 1.82) is 0 Å². The molecule has 104 heavy (non-hydrogen) atoms. The standard InChI is InChI=1S/C16H18N4O4S.C15H17N5O4S.2C9H12N2O6S2.4O3S/c17-12-1-6-15(11(9-12)10-16(18)22)20-19-13-2-4-14(5-3-13)25(23,24)8-7-21;16-13-9-11(18-15(17)22)3-6-14(13)20-19-10-1-4-12(5-2-10)25(23,24)8-7-21;2*1-10-11-8-3-2-7(18(13,14)5-4-12)6-9(8)19(15,16)17;4*1-4(2)3/h1-6,9,21H,7-8,10,17H2,(H2,18,22);1-6,9,21H,7-8,16H2,(H3,17,18,22);2*2-3,6,12H,4-5H2,1H3,(H,15,16,17);;;;. The van der Waals surface area contributed by atoms with Crippen LogP contribution in [0.15, 0.2) is 192 Å². The predicted molar refractivity (Wildman–Crippen MR) is 358 cm³/mol. The minimum atomic E-state index is -4.63. The number of amides is 3. The Balaban J connectivity index is 0. The van der Waals surface area contributed by atoms with Gasteiger partial charge in [-0.1, -0.05) is 0 Å². The van der Waals surface area contributed by atoms with E-state index in [1.807, 2.05) is 0 Å². The number of azo groups is 4. The molecular weight excluding hydrogens is 1600 g/mol. The first-order valence-electron chi connectivity index (χ1n) is 26.4. The van der Waals surface area contributed by atoms with Crippen molar-refractivity contribution in [3.63, 3.8) is 0 Å². The minimum Gasteiger partial charge on any atom is -0.399 e. The average molecular weight is 1660 g/mol. The summed E-state index contributed by atoms with van der Waals surface area (Å²) in [5.74, 6) is -2.29. The number of aliphatic hydroxyl groups is 4. The summed E-state index contributed by atoms with van der Waals surface area (Å²) in [7, 11) is -33.8. The summed E-state index contributed by atoms with van der Waals surface area (Å²) in [6.45, 7) is -2.08. The largest absolute Gasteiger partial charge is 0.425 e. The van der Waals surface area contributed by atoms with Gasteiger partial charge in [-0.05, 0) is 127 Å². The average Bonchev–Trinajstić information content (AvgIpc) is 0.794. The van der Waals surface area contributed by atoms with E-state index in [4.69, 9.17) is 103 Å². The highest BCUT2D eigenvalue weighted by molar-refractivity contribution is 7.92. The van der Waals surface area contributed by atoms with Crippen molar-refractivity contribution in [2.45, 2.75) is 35.8 Å². The number of carbonyl (C=O) groups excluding carboxylic acids is 2. The molecule has 572 valence electrons. The molecule has 0 saturated heterocycles. The number of nitrogens with zero attached hydrogens (tertiary/aromatic N) is 8. The lowest BCUT2D eigenvalue weighted by molar-refractivity contribution is -0.117. The van der Waals surface area contributed by atoms with Gasteiger partial charge in [0.1, 0.15) is 26.9 Å². The van der Waals surface area contributed by atoms with Gasteiger partial charge in [-0.15, -0.1) is 55.6 Å². The van der Waals surface area contributed by atoms with E-state index in [1.54, 1.807) is 30.3 Å². The van der Waals surface area contributed by atoms with Gasteiger partial charge in [0.2, 0.25) is 5.91 Å². The second-order valence-electron chi connectivity index (χ2n) is 18.0. The number of aliphatic hydroxyl groups excluding tert-OH is 4. The lowest BCUT2D eigenvalue weighted by Gasteiger charge is -2.06. The summed E-state index contributed by atoms with van der Waals surface area (Å²) in [5.41, 5.74) is 24.9. The van der Waals surface area contributed by atoms with Crippen LogP contribution in [0.3, 0.4) is 0 Å². The molecule has 0 unspecified atom stereocenters. The van der Waals surface area contributed by atoms with Crippen LogP contribution in [0.4, 0.5) is 56.0 Å². The van der Waals surface area contributed by atoms with E-state index in [1.165, 1.54) is 68.7 Å². The summed E-state index contributed by atoms with van der Waals surface area (Å²) in [6, 6.07) is 26.4. The highest BCUT2D eigenvalue weighted by atomic mass is 32.2. The van der Waals surface area contributed by atoms with Crippen LogP contribution in [0.25, 0.3) is 0 Å². The molecule has 0 heterocycles. The molecule has 0 aromatic heterocycles. The van der Waals surface area contributed by atoms with Crippen LogP contribution in [0.5, 0.6) is 0 Å². The summed E-state index contributed by atoms with van der Waals surface area (Å²) >= 11 is 0. The van der Waals surface area contributed by atoms with Gasteiger partial charge in [-0.2, -0.15) is 52.6 Å². The topological polar surface area (TPSA) is 780 Å². The fourth-order valence-electron chi connectivity index (χ4n) is 6.68. The van der Waals surface area contributed by atoms with Crippen LogP contribution in [-0.2, 0) is 113 Å². The van der Waals surface area contributed by atoms with Gasteiger partial charge in [-0.25, -0.2) is 38.5 Å². The highest BCUT2D eigenvalue weighted by Crippen LogP contribution is 2.32. The normalized spacial score (nSPS) is 11.3. The highest BCUT2D eigenvalue weighted by Gasteiger charge is 2.24. The van der Waals surface area contributed by atoms with Crippen LogP contribution in [0.1, 0.15) is 5.56 Å². The molecule has 3 amide bonds. The Morgan fingerprint density at radius 3 is 0.981 bits per heavy atom. The van der Waals surface area contributed by atoms with Crippen LogP contribution in [0.2, 0.25) is 0 Å². The summed E-state index contributed by atoms with van der Waals surface area (Å²) in [4.78, 5) is 20.1. The number of nitrogen functional groups attached to an aromatic ring is 2. The number of primary amides is 2. The zero-order chi connectivity index (χ0) is 80.6. The number of hydrogen-bond donors (Lipinski definition) is 11. The Morgan fingerprint density at radius 1 is 0.394 bits per heavy atom. The van der Waals surface area contributed by atoms with E-state index in [0.717, 1.165) is 36.4 Å². The Labute approximate surface area is 596 Å². The first kappa shape index (κ1) is 96.1. The first-order chi connectivity index (χ1) is 48.0. The second-order valence-corrected chi connectivity index (χ2v) is 30.8. The Hall–Kier alpha value is -10.00. The van der Waals surface area contributed by atoms with Crippen molar-refractivity contribution in [2.75, 3.05) is 80.3 Å². The van der Waals surface area contributed by atoms with Gasteiger partial charge >= 0.3 is 48.5 Å². The van der Waals surface area contributed by atoms with Gasteiger partial charge < -0.3 is 48.7 Å². The van der Waals surface area contributed by atoms with Crippen molar-refractivity contribution in [2.24, 2.45) is 52.4 Å². The Bertz CT molecular complexity index is 5040. The molecule has 0 saturated carbocycles. The van der Waals surface area contributed by atoms with Crippen molar-refractivity contribution >= 4 is 165 Å². The third-order valence-corrected chi connectivity index (χ3v) is 19.3. The van der Waals surface area contributed by atoms with Gasteiger partial charge in [0.15, 0.2) is 39.3 Å². The van der Waals surface area contributed by atoms with Crippen LogP contribution in [-0.4, -0.2) is 206 Å². The van der Waals surface area contributed by atoms with Crippen molar-refractivity contribution in [1.82, 2.24) is 0 Å². The lowest BCUT2D eigenvalue weighted by Crippen LogP contribution is -2.19. The first-order valence-corrected chi connectivity index (χ1v) is 39.9. The molecule has 45 nitrogen and oxygen atoms in total. The molecule has 0 radical (unpaired) electrons. The summed E-state index contributed by atoms with van der Waals surface area (Å²) < 4.78 is 258. The number of benzene rings is 6. The number of carbonyl (C=O) groups is 2. The lowest BCUT2D eigenvalue weighted by atomic mass is 10.1. The zero-order valence-electron chi connectivity index (χ0n) is 52.7. The monoisotopic (exact) mass is 1660 g/mol. The predicted octanol–water partition coefficient (Wildman–Crippen LogP) is 0.228. The molecular formula is C49H59N13O32S10. The molecule has 0 spiro atoms. The van der Waals surface area contributed by atoms with E-state index < -0.39 is 162 Å². The molecule has 0 atom stereocenters. The maximum absolute atomic E-state index is 11.8. The maximum Gasteiger partial charge on any atom is 0.425 e. The Morgan fingerprint density at radius 2 is 0.692 bits per heavy atom. The van der Waals surface area contributed by atoms with Crippen molar-refractivity contribution < 1.29 is 140 Å². The second kappa shape index (κ2) is 46.6. The molecule has 15 N–H and O–H groups in total. The van der Waals surface area contributed by atoms with Crippen molar-refractivity contribution in [3.05, 3.63) is 127 Å². The summed E-state index contributed by atoms with van der Waals surface area (Å²) in [6.07, 6.45) is -0.0161. The molecule has 0 fully saturated rings. The quantitative estimate of drug-likeness (QED) is 0.0232. The number of hydrogen-bond acceptors (Lipinski definition) is 40. The minimum absolute atomic E-state index is 0.0161.